The smallest absolute Gasteiger partial charge is 0.329 e. The standard InChI is InChI=1S/C2H8N2O2P/c3-1-2-4-6-7-5/h4,7H,1-3H2/q+1. The Balaban J connectivity index is 2.56. The van der Waals surface area contributed by atoms with Crippen molar-refractivity contribution in [3.05, 3.63) is 0 Å². The van der Waals surface area contributed by atoms with Gasteiger partial charge in [0.1, 0.15) is 0 Å². The summed E-state index contributed by atoms with van der Waals surface area (Å²) in [6.07, 6.45) is 0. The van der Waals surface area contributed by atoms with Gasteiger partial charge in [0.15, 0.2) is 0 Å². The van der Waals surface area contributed by atoms with E-state index in [0.29, 0.717) is 13.1 Å². The van der Waals surface area contributed by atoms with Gasteiger partial charge in [-0.1, -0.05) is 4.62 Å². The van der Waals surface area contributed by atoms with Crippen LogP contribution in [0, 0.1) is 0 Å². The Morgan fingerprint density at radius 2 is 2.57 bits per heavy atom. The van der Waals surface area contributed by atoms with Crippen LogP contribution in [0.1, 0.15) is 0 Å². The second kappa shape index (κ2) is 5.98. The first-order valence-corrected chi connectivity index (χ1v) is 2.69. The third kappa shape index (κ3) is 5.98. The molecule has 0 heterocycles. The fourth-order valence-corrected chi connectivity index (χ4v) is 0.300. The first-order valence-electron chi connectivity index (χ1n) is 1.87. The number of rotatable bonds is 4. The molecule has 5 heteroatoms. The number of nitrogens with two attached hydrogens (primary N) is 1. The maximum atomic E-state index is 9.51. The van der Waals surface area contributed by atoms with E-state index in [-0.39, 0.29) is 0 Å². The summed E-state index contributed by atoms with van der Waals surface area (Å²) in [7, 11) is -0.749. The van der Waals surface area contributed by atoms with Crippen molar-refractivity contribution < 1.29 is 9.19 Å². The maximum Gasteiger partial charge on any atom is 0.512 e. The summed E-state index contributed by atoms with van der Waals surface area (Å²) in [5.41, 5.74) is 7.39. The van der Waals surface area contributed by atoms with Crippen molar-refractivity contribution >= 4 is 8.69 Å². The average Bonchev–Trinajstić information content (AvgIpc) is 1.69. The summed E-state index contributed by atoms with van der Waals surface area (Å²) >= 11 is 0. The summed E-state index contributed by atoms with van der Waals surface area (Å²) in [6.45, 7) is 1.03. The van der Waals surface area contributed by atoms with Gasteiger partial charge in [-0.05, 0) is 4.57 Å². The van der Waals surface area contributed by atoms with Gasteiger partial charge in [-0.25, -0.2) is 0 Å². The van der Waals surface area contributed by atoms with E-state index in [1.807, 2.05) is 0 Å². The topological polar surface area (TPSA) is 64.3 Å². The molecule has 0 aliphatic rings. The zero-order valence-electron chi connectivity index (χ0n) is 3.81. The molecule has 0 bridgehead atoms. The third-order valence-electron chi connectivity index (χ3n) is 0.360. The summed E-state index contributed by atoms with van der Waals surface area (Å²) in [6, 6.07) is 0. The van der Waals surface area contributed by atoms with Crippen LogP contribution in [0.15, 0.2) is 0 Å². The minimum absolute atomic E-state index is 0.491. The van der Waals surface area contributed by atoms with Crippen LogP contribution in [0.5, 0.6) is 0 Å². The first-order chi connectivity index (χ1) is 3.41. The molecule has 0 aliphatic heterocycles. The maximum absolute atomic E-state index is 9.51. The monoisotopic (exact) mass is 123 g/mol. The molecule has 0 saturated carbocycles. The molecule has 1 unspecified atom stereocenters. The highest BCUT2D eigenvalue weighted by molar-refractivity contribution is 7.17. The van der Waals surface area contributed by atoms with E-state index in [9.17, 15) is 4.57 Å². The lowest BCUT2D eigenvalue weighted by atomic mass is 10.7. The highest BCUT2D eigenvalue weighted by Gasteiger charge is 1.84. The van der Waals surface area contributed by atoms with Gasteiger partial charge in [0, 0.05) is 13.1 Å². The SMILES string of the molecule is NCCNO[PH+]=O. The van der Waals surface area contributed by atoms with Crippen molar-refractivity contribution in [3.63, 3.8) is 0 Å². The molecule has 0 aliphatic carbocycles. The minimum atomic E-state index is -0.749. The molecule has 0 fully saturated rings. The summed E-state index contributed by atoms with van der Waals surface area (Å²) in [5.74, 6) is 0. The Bertz CT molecular complexity index is 51.0. The van der Waals surface area contributed by atoms with E-state index in [4.69, 9.17) is 5.73 Å². The molecule has 0 radical (unpaired) electrons. The molecule has 1 atom stereocenters. The highest BCUT2D eigenvalue weighted by Crippen LogP contribution is 1.85. The van der Waals surface area contributed by atoms with E-state index in [2.05, 4.69) is 10.1 Å². The Hall–Kier alpha value is -0.0200. The highest BCUT2D eigenvalue weighted by atomic mass is 31.1. The van der Waals surface area contributed by atoms with Crippen LogP contribution in [0.2, 0.25) is 0 Å². The van der Waals surface area contributed by atoms with Crippen molar-refractivity contribution in [1.82, 2.24) is 5.48 Å². The van der Waals surface area contributed by atoms with Crippen LogP contribution in [0.25, 0.3) is 0 Å². The molecule has 7 heavy (non-hydrogen) atoms. The van der Waals surface area contributed by atoms with Gasteiger partial charge in [-0.15, -0.1) is 0 Å². The zero-order chi connectivity index (χ0) is 5.54. The number of nitrogens with one attached hydrogen (secondary N) is 1. The van der Waals surface area contributed by atoms with Crippen LogP contribution >= 0.6 is 8.69 Å². The molecule has 0 spiro atoms. The molecule has 4 nitrogen and oxygen atoms in total. The van der Waals surface area contributed by atoms with Crippen LogP contribution in [0.4, 0.5) is 0 Å². The summed E-state index contributed by atoms with van der Waals surface area (Å²) in [4.78, 5) is 0. The molecule has 0 aromatic heterocycles. The Kier molecular flexibility index (Phi) is 5.96. The molecule has 0 saturated heterocycles. The van der Waals surface area contributed by atoms with E-state index >= 15 is 0 Å². The van der Waals surface area contributed by atoms with Gasteiger partial charge in [0.25, 0.3) is 0 Å². The van der Waals surface area contributed by atoms with Crippen LogP contribution < -0.4 is 11.2 Å². The normalized spacial score (nSPS) is 9.86. The molecule has 0 aromatic rings. The lowest BCUT2D eigenvalue weighted by Gasteiger charge is -1.85. The fraction of sp³-hybridized carbons (Fsp3) is 1.00. The van der Waals surface area contributed by atoms with E-state index in [1.54, 1.807) is 0 Å². The molecular weight excluding hydrogens is 115 g/mol. The molecular formula is C2H8N2O2P+. The van der Waals surface area contributed by atoms with Gasteiger partial charge in [-0.3, -0.25) is 0 Å². The predicted octanol–water partition coefficient (Wildman–Crippen LogP) is -0.595. The lowest BCUT2D eigenvalue weighted by Crippen LogP contribution is -2.19. The number of hydroxylamine groups is 1. The van der Waals surface area contributed by atoms with E-state index < -0.39 is 8.69 Å². The van der Waals surface area contributed by atoms with E-state index in [0.717, 1.165) is 0 Å². The second-order valence-electron chi connectivity index (χ2n) is 0.868. The number of hydrogen-bond acceptors (Lipinski definition) is 4. The van der Waals surface area contributed by atoms with Crippen LogP contribution in [0.3, 0.4) is 0 Å². The van der Waals surface area contributed by atoms with Crippen LogP contribution in [-0.2, 0) is 9.19 Å². The van der Waals surface area contributed by atoms with Gasteiger partial charge < -0.3 is 5.73 Å². The Morgan fingerprint density at radius 1 is 1.86 bits per heavy atom. The van der Waals surface area contributed by atoms with Gasteiger partial charge in [-0.2, -0.15) is 5.48 Å². The Morgan fingerprint density at radius 3 is 3.00 bits per heavy atom. The van der Waals surface area contributed by atoms with Crippen LogP contribution in [-0.4, -0.2) is 13.1 Å². The fourth-order valence-electron chi connectivity index (χ4n) is 0.139. The summed E-state index contributed by atoms with van der Waals surface area (Å²) < 4.78 is 13.7. The second-order valence-corrected chi connectivity index (χ2v) is 1.24. The quantitative estimate of drug-likeness (QED) is 0.298. The van der Waals surface area contributed by atoms with Crippen molar-refractivity contribution in [2.45, 2.75) is 0 Å². The average molecular weight is 123 g/mol. The van der Waals surface area contributed by atoms with Gasteiger partial charge in [0.2, 0.25) is 0 Å². The molecule has 0 amide bonds. The molecule has 0 aromatic carbocycles. The van der Waals surface area contributed by atoms with Crippen molar-refractivity contribution in [1.29, 1.82) is 0 Å². The third-order valence-corrected chi connectivity index (χ3v) is 0.588. The molecule has 42 valence electrons. The van der Waals surface area contributed by atoms with Gasteiger partial charge in [0.05, 0.1) is 0 Å². The first kappa shape index (κ1) is 6.98. The van der Waals surface area contributed by atoms with E-state index in [1.165, 1.54) is 0 Å². The van der Waals surface area contributed by atoms with Crippen molar-refractivity contribution in [3.8, 4) is 0 Å². The summed E-state index contributed by atoms with van der Waals surface area (Å²) in [5, 5.41) is 0. The lowest BCUT2D eigenvalue weighted by molar-refractivity contribution is 0.223. The molecule has 0 rings (SSSR count). The molecule has 3 N–H and O–H groups in total. The van der Waals surface area contributed by atoms with Crippen molar-refractivity contribution in [2.24, 2.45) is 5.73 Å². The minimum Gasteiger partial charge on any atom is -0.329 e. The van der Waals surface area contributed by atoms with Gasteiger partial charge >= 0.3 is 8.69 Å². The number of hydrogen-bond donors (Lipinski definition) is 2. The van der Waals surface area contributed by atoms with Crippen molar-refractivity contribution in [2.75, 3.05) is 13.1 Å². The largest absolute Gasteiger partial charge is 0.512 e. The Labute approximate surface area is 43.3 Å². The zero-order valence-corrected chi connectivity index (χ0v) is 4.81. The predicted molar refractivity (Wildman–Crippen MR) is 27.1 cm³/mol.